The highest BCUT2D eigenvalue weighted by Crippen LogP contribution is 2.22. The summed E-state index contributed by atoms with van der Waals surface area (Å²) in [4.78, 5) is 11.4. The highest BCUT2D eigenvalue weighted by molar-refractivity contribution is 7.18. The van der Waals surface area contributed by atoms with Gasteiger partial charge in [-0.1, -0.05) is 6.92 Å². The van der Waals surface area contributed by atoms with E-state index >= 15 is 0 Å². The third-order valence-corrected chi connectivity index (χ3v) is 1.89. The fraction of sp³-hybridized carbons (Fsp3) is 0.875. The Morgan fingerprint density at radius 1 is 1.21 bits per heavy atom. The van der Waals surface area contributed by atoms with Crippen LogP contribution in [-0.4, -0.2) is 25.0 Å². The fourth-order valence-electron chi connectivity index (χ4n) is 1.08. The number of hydrogen-bond acceptors (Lipinski definition) is 5. The molecule has 0 aliphatic carbocycles. The minimum absolute atomic E-state index is 0.309. The zero-order valence-electron chi connectivity index (χ0n) is 8.61. The van der Waals surface area contributed by atoms with Crippen LogP contribution >= 0.6 is 8.69 Å². The Hall–Kier alpha value is -0.510. The zero-order valence-corrected chi connectivity index (χ0v) is 9.50. The van der Waals surface area contributed by atoms with Gasteiger partial charge in [-0.05, 0) is 13.8 Å². The molecule has 0 aromatic rings. The molecule has 0 bridgehead atoms. The van der Waals surface area contributed by atoms with Crippen LogP contribution in [0, 0.1) is 0 Å². The van der Waals surface area contributed by atoms with Gasteiger partial charge in [0.1, 0.15) is 0 Å². The average molecular weight is 222 g/mol. The lowest BCUT2D eigenvalue weighted by atomic mass is 10.2. The smallest absolute Gasteiger partial charge is 0.369 e. The van der Waals surface area contributed by atoms with E-state index in [1.54, 1.807) is 20.8 Å². The summed E-state index contributed by atoms with van der Waals surface area (Å²) in [7, 11) is -0.696. The Morgan fingerprint density at radius 2 is 1.71 bits per heavy atom. The molecule has 0 unspecified atom stereocenters. The second-order valence-corrected chi connectivity index (χ2v) is 2.76. The van der Waals surface area contributed by atoms with E-state index < -0.39 is 20.4 Å². The van der Waals surface area contributed by atoms with Crippen molar-refractivity contribution >= 4 is 14.7 Å². The molecular formula is C8H15O5P. The van der Waals surface area contributed by atoms with Crippen LogP contribution in [0.5, 0.6) is 0 Å². The van der Waals surface area contributed by atoms with Crippen molar-refractivity contribution < 1.29 is 23.4 Å². The Balaban J connectivity index is 4.61. The Morgan fingerprint density at radius 3 is 2.00 bits per heavy atom. The van der Waals surface area contributed by atoms with Crippen molar-refractivity contribution in [2.45, 2.75) is 33.0 Å². The molecule has 0 aliphatic heterocycles. The van der Waals surface area contributed by atoms with Crippen LogP contribution in [0.4, 0.5) is 0 Å². The van der Waals surface area contributed by atoms with Crippen molar-refractivity contribution in [2.24, 2.45) is 0 Å². The molecular weight excluding hydrogens is 207 g/mol. The van der Waals surface area contributed by atoms with Gasteiger partial charge < -0.3 is 14.0 Å². The minimum Gasteiger partial charge on any atom is -0.369 e. The SMILES string of the molecule is CCOC(CC)(OCC)C(=O)OP=O. The van der Waals surface area contributed by atoms with E-state index in [0.29, 0.717) is 19.6 Å². The maximum Gasteiger partial charge on any atom is 0.398 e. The van der Waals surface area contributed by atoms with Crippen LogP contribution < -0.4 is 0 Å². The van der Waals surface area contributed by atoms with Gasteiger partial charge in [0.2, 0.25) is 0 Å². The summed E-state index contributed by atoms with van der Waals surface area (Å²) in [5, 5.41) is 0. The molecule has 5 nitrogen and oxygen atoms in total. The van der Waals surface area contributed by atoms with Crippen LogP contribution in [0.25, 0.3) is 0 Å². The van der Waals surface area contributed by atoms with E-state index in [1.807, 2.05) is 0 Å². The summed E-state index contributed by atoms with van der Waals surface area (Å²) >= 11 is 0. The van der Waals surface area contributed by atoms with Gasteiger partial charge in [0.25, 0.3) is 5.79 Å². The molecule has 0 aromatic carbocycles. The summed E-state index contributed by atoms with van der Waals surface area (Å²) in [6, 6.07) is 0. The standard InChI is InChI=1S/C8H15O5P/c1-4-8(11-5-2,12-6-3)7(9)13-14-10/h4-6H2,1-3H3. The quantitative estimate of drug-likeness (QED) is 0.486. The molecule has 0 spiro atoms. The Kier molecular flexibility index (Phi) is 6.62. The second-order valence-electron chi connectivity index (χ2n) is 2.43. The van der Waals surface area contributed by atoms with Gasteiger partial charge in [0.15, 0.2) is 0 Å². The first-order valence-electron chi connectivity index (χ1n) is 4.48. The van der Waals surface area contributed by atoms with Gasteiger partial charge >= 0.3 is 14.7 Å². The monoisotopic (exact) mass is 222 g/mol. The van der Waals surface area contributed by atoms with E-state index in [1.165, 1.54) is 0 Å². The van der Waals surface area contributed by atoms with Crippen molar-refractivity contribution in [3.05, 3.63) is 0 Å². The van der Waals surface area contributed by atoms with Crippen molar-refractivity contribution in [2.75, 3.05) is 13.2 Å². The second kappa shape index (κ2) is 6.87. The van der Waals surface area contributed by atoms with Crippen molar-refractivity contribution in [3.63, 3.8) is 0 Å². The lowest BCUT2D eigenvalue weighted by molar-refractivity contribution is -0.239. The molecule has 0 aromatic heterocycles. The minimum atomic E-state index is -1.42. The number of carbonyl (C=O) groups is 1. The molecule has 0 amide bonds. The first kappa shape index (κ1) is 13.5. The van der Waals surface area contributed by atoms with Crippen molar-refractivity contribution in [3.8, 4) is 0 Å². The van der Waals surface area contributed by atoms with E-state index in [2.05, 4.69) is 4.52 Å². The maximum atomic E-state index is 11.4. The Bertz CT molecular complexity index is 188. The molecule has 0 aliphatic rings. The number of ether oxygens (including phenoxy) is 2. The highest BCUT2D eigenvalue weighted by Gasteiger charge is 2.40. The average Bonchev–Trinajstić information content (AvgIpc) is 2.17. The predicted octanol–water partition coefficient (Wildman–Crippen LogP) is 1.92. The summed E-state index contributed by atoms with van der Waals surface area (Å²) in [5.41, 5.74) is 0. The third kappa shape index (κ3) is 3.33. The molecule has 0 radical (unpaired) electrons. The number of rotatable bonds is 7. The lowest BCUT2D eigenvalue weighted by Gasteiger charge is -2.28. The number of hydrogen-bond donors (Lipinski definition) is 0. The van der Waals surface area contributed by atoms with Gasteiger partial charge in [0, 0.05) is 19.6 Å². The molecule has 0 atom stereocenters. The summed E-state index contributed by atoms with van der Waals surface area (Å²) in [5.74, 6) is -2.18. The lowest BCUT2D eigenvalue weighted by Crippen LogP contribution is -2.44. The molecule has 0 saturated carbocycles. The van der Waals surface area contributed by atoms with Crippen LogP contribution in [0.15, 0.2) is 0 Å². The molecule has 0 heterocycles. The van der Waals surface area contributed by atoms with Gasteiger partial charge in [-0.3, -0.25) is 0 Å². The summed E-state index contributed by atoms with van der Waals surface area (Å²) < 4.78 is 24.8. The molecule has 6 heteroatoms. The normalized spacial score (nSPS) is 11.6. The molecule has 0 N–H and O–H groups in total. The van der Waals surface area contributed by atoms with Crippen LogP contribution in [0.1, 0.15) is 27.2 Å². The van der Waals surface area contributed by atoms with E-state index in [0.717, 1.165) is 0 Å². The fourth-order valence-corrected chi connectivity index (χ4v) is 1.28. The molecule has 0 saturated heterocycles. The first-order valence-corrected chi connectivity index (χ1v) is 5.21. The van der Waals surface area contributed by atoms with Crippen LogP contribution in [-0.2, 0) is 23.4 Å². The zero-order chi connectivity index (χ0) is 11.0. The molecule has 82 valence electrons. The van der Waals surface area contributed by atoms with Gasteiger partial charge in [-0.15, -0.1) is 0 Å². The highest BCUT2D eigenvalue weighted by atomic mass is 31.1. The van der Waals surface area contributed by atoms with Gasteiger partial charge in [-0.2, -0.15) is 0 Å². The van der Waals surface area contributed by atoms with Crippen LogP contribution in [0.2, 0.25) is 0 Å². The largest absolute Gasteiger partial charge is 0.398 e. The topological polar surface area (TPSA) is 61.8 Å². The Labute approximate surface area is 85.0 Å². The molecule has 0 fully saturated rings. The summed E-state index contributed by atoms with van der Waals surface area (Å²) in [6.07, 6.45) is 0.309. The van der Waals surface area contributed by atoms with Crippen molar-refractivity contribution in [1.29, 1.82) is 0 Å². The van der Waals surface area contributed by atoms with Gasteiger partial charge in [-0.25, -0.2) is 9.36 Å². The van der Waals surface area contributed by atoms with E-state index in [9.17, 15) is 9.36 Å². The van der Waals surface area contributed by atoms with Gasteiger partial charge in [0.05, 0.1) is 0 Å². The molecule has 0 rings (SSSR count). The van der Waals surface area contributed by atoms with E-state index in [4.69, 9.17) is 9.47 Å². The molecule has 14 heavy (non-hydrogen) atoms. The van der Waals surface area contributed by atoms with Crippen LogP contribution in [0.3, 0.4) is 0 Å². The third-order valence-electron chi connectivity index (χ3n) is 1.65. The number of carbonyl (C=O) groups excluding carboxylic acids is 1. The van der Waals surface area contributed by atoms with E-state index in [-0.39, 0.29) is 0 Å². The summed E-state index contributed by atoms with van der Waals surface area (Å²) in [6.45, 7) is 5.85. The van der Waals surface area contributed by atoms with Crippen molar-refractivity contribution in [1.82, 2.24) is 0 Å². The first-order chi connectivity index (χ1) is 6.66. The maximum absolute atomic E-state index is 11.4. The predicted molar refractivity (Wildman–Crippen MR) is 50.0 cm³/mol.